The van der Waals surface area contributed by atoms with Crippen molar-refractivity contribution in [3.05, 3.63) is 45.9 Å². The van der Waals surface area contributed by atoms with Crippen molar-refractivity contribution in [2.45, 2.75) is 17.6 Å². The van der Waals surface area contributed by atoms with Crippen LogP contribution in [0.15, 0.2) is 34.5 Å². The van der Waals surface area contributed by atoms with Crippen LogP contribution in [0.4, 0.5) is 0 Å². The Morgan fingerprint density at radius 1 is 1.29 bits per heavy atom. The summed E-state index contributed by atoms with van der Waals surface area (Å²) in [5.74, 6) is 0.730. The van der Waals surface area contributed by atoms with Gasteiger partial charge in [0.25, 0.3) is 5.91 Å². The molecule has 0 aliphatic heterocycles. The topological polar surface area (TPSA) is 63.2 Å². The molecule has 5 nitrogen and oxygen atoms in total. The van der Waals surface area contributed by atoms with Gasteiger partial charge in [-0.3, -0.25) is 4.79 Å². The fourth-order valence-electron chi connectivity index (χ4n) is 2.07. The molecule has 2 aromatic rings. The zero-order valence-electron chi connectivity index (χ0n) is 14.0. The first-order valence-corrected chi connectivity index (χ1v) is 9.68. The number of hydrogen-bond donors (Lipinski definition) is 2. The second-order valence-corrected chi connectivity index (χ2v) is 7.22. The maximum absolute atomic E-state index is 12.4. The Labute approximate surface area is 151 Å². The van der Waals surface area contributed by atoms with Crippen molar-refractivity contribution in [1.29, 1.82) is 0 Å². The highest BCUT2D eigenvalue weighted by Gasteiger charge is 2.11. The molecule has 0 radical (unpaired) electrons. The largest absolute Gasteiger partial charge is 0.383 e. The van der Waals surface area contributed by atoms with Gasteiger partial charge in [0.1, 0.15) is 0 Å². The van der Waals surface area contributed by atoms with E-state index in [-0.39, 0.29) is 5.91 Å². The van der Waals surface area contributed by atoms with Gasteiger partial charge >= 0.3 is 0 Å². The number of thioether (sulfide) groups is 1. The second-order valence-electron chi connectivity index (χ2n) is 5.14. The molecule has 0 saturated carbocycles. The number of amides is 1. The Balaban J connectivity index is 1.84. The number of aryl methyl sites for hydroxylation is 1. The number of carbonyl (C=O) groups is 1. The summed E-state index contributed by atoms with van der Waals surface area (Å²) < 4.78 is 4.96. The third-order valence-electron chi connectivity index (χ3n) is 3.24. The molecule has 1 aromatic carbocycles. The van der Waals surface area contributed by atoms with Crippen molar-refractivity contribution in [1.82, 2.24) is 15.6 Å². The molecular weight excluding hydrogens is 342 g/mol. The summed E-state index contributed by atoms with van der Waals surface area (Å²) >= 11 is 3.29. The molecule has 0 aliphatic rings. The Bertz CT molecular complexity index is 646. The Morgan fingerprint density at radius 3 is 2.88 bits per heavy atom. The standard InChI is InChI=1S/C17H23N3O2S2/c1-13-20-14(11-23-13)12-24-16-6-4-3-5-15(16)17(21)19-8-7-18-9-10-22-2/h3-6,11,18H,7-10,12H2,1-2H3,(H,19,21). The normalized spacial score (nSPS) is 10.8. The van der Waals surface area contributed by atoms with E-state index >= 15 is 0 Å². The van der Waals surface area contributed by atoms with Crippen LogP contribution in [-0.2, 0) is 10.5 Å². The van der Waals surface area contributed by atoms with Crippen molar-refractivity contribution in [2.75, 3.05) is 33.4 Å². The van der Waals surface area contributed by atoms with Crippen molar-refractivity contribution in [2.24, 2.45) is 0 Å². The first-order chi connectivity index (χ1) is 11.7. The average molecular weight is 366 g/mol. The number of rotatable bonds is 10. The van der Waals surface area contributed by atoms with Gasteiger partial charge in [-0.1, -0.05) is 12.1 Å². The van der Waals surface area contributed by atoms with Gasteiger partial charge < -0.3 is 15.4 Å². The van der Waals surface area contributed by atoms with Gasteiger partial charge in [-0.05, 0) is 19.1 Å². The van der Waals surface area contributed by atoms with Crippen molar-refractivity contribution in [3.63, 3.8) is 0 Å². The van der Waals surface area contributed by atoms with E-state index in [1.54, 1.807) is 30.2 Å². The van der Waals surface area contributed by atoms with E-state index in [9.17, 15) is 4.79 Å². The maximum atomic E-state index is 12.4. The lowest BCUT2D eigenvalue weighted by atomic mass is 10.2. The van der Waals surface area contributed by atoms with Crippen molar-refractivity contribution >= 4 is 29.0 Å². The van der Waals surface area contributed by atoms with Gasteiger partial charge in [0, 0.05) is 42.8 Å². The molecule has 2 N–H and O–H groups in total. The predicted molar refractivity (Wildman–Crippen MR) is 99.9 cm³/mol. The molecule has 0 bridgehead atoms. The third kappa shape index (κ3) is 6.24. The number of benzene rings is 1. The minimum atomic E-state index is -0.0406. The van der Waals surface area contributed by atoms with E-state index in [2.05, 4.69) is 21.0 Å². The first-order valence-electron chi connectivity index (χ1n) is 7.81. The highest BCUT2D eigenvalue weighted by atomic mass is 32.2. The lowest BCUT2D eigenvalue weighted by Crippen LogP contribution is -2.33. The Hall–Kier alpha value is -1.41. The Morgan fingerprint density at radius 2 is 2.12 bits per heavy atom. The highest BCUT2D eigenvalue weighted by molar-refractivity contribution is 7.98. The number of methoxy groups -OCH3 is 1. The molecule has 24 heavy (non-hydrogen) atoms. The second kappa shape index (κ2) is 10.5. The molecule has 0 atom stereocenters. The van der Waals surface area contributed by atoms with Crippen LogP contribution in [0.5, 0.6) is 0 Å². The number of ether oxygens (including phenoxy) is 1. The summed E-state index contributed by atoms with van der Waals surface area (Å²) in [5.41, 5.74) is 1.77. The molecule has 1 heterocycles. The van der Waals surface area contributed by atoms with Gasteiger partial charge in [-0.25, -0.2) is 4.98 Å². The van der Waals surface area contributed by atoms with Gasteiger partial charge in [0.2, 0.25) is 0 Å². The third-order valence-corrected chi connectivity index (χ3v) is 5.17. The van der Waals surface area contributed by atoms with Gasteiger partial charge in [-0.2, -0.15) is 0 Å². The lowest BCUT2D eigenvalue weighted by molar-refractivity contribution is 0.0951. The number of thiazole rings is 1. The molecule has 0 saturated heterocycles. The quantitative estimate of drug-likeness (QED) is 0.501. The molecule has 1 amide bonds. The number of carbonyl (C=O) groups excluding carboxylic acids is 1. The minimum Gasteiger partial charge on any atom is -0.383 e. The number of hydrogen-bond acceptors (Lipinski definition) is 6. The summed E-state index contributed by atoms with van der Waals surface area (Å²) in [6.45, 7) is 4.77. The molecule has 2 rings (SSSR count). The predicted octanol–water partition coefficient (Wildman–Crippen LogP) is 2.71. The van der Waals surface area contributed by atoms with Crippen LogP contribution in [0.25, 0.3) is 0 Å². The van der Waals surface area contributed by atoms with Crippen LogP contribution in [0.1, 0.15) is 21.1 Å². The van der Waals surface area contributed by atoms with E-state index in [0.717, 1.165) is 34.4 Å². The van der Waals surface area contributed by atoms with Gasteiger partial charge in [0.05, 0.1) is 22.9 Å². The molecule has 130 valence electrons. The smallest absolute Gasteiger partial charge is 0.252 e. The summed E-state index contributed by atoms with van der Waals surface area (Å²) in [4.78, 5) is 17.8. The monoisotopic (exact) mass is 365 g/mol. The van der Waals surface area contributed by atoms with Crippen LogP contribution in [-0.4, -0.2) is 44.2 Å². The first kappa shape index (κ1) is 18.9. The van der Waals surface area contributed by atoms with Crippen molar-refractivity contribution < 1.29 is 9.53 Å². The van der Waals surface area contributed by atoms with E-state index < -0.39 is 0 Å². The summed E-state index contributed by atoms with van der Waals surface area (Å²) in [6.07, 6.45) is 0. The fourth-order valence-corrected chi connectivity index (χ4v) is 3.73. The zero-order valence-corrected chi connectivity index (χ0v) is 15.6. The zero-order chi connectivity index (χ0) is 17.2. The van der Waals surface area contributed by atoms with Crippen LogP contribution < -0.4 is 10.6 Å². The molecule has 1 aromatic heterocycles. The average Bonchev–Trinajstić information content (AvgIpc) is 3.01. The highest BCUT2D eigenvalue weighted by Crippen LogP contribution is 2.26. The maximum Gasteiger partial charge on any atom is 0.252 e. The van der Waals surface area contributed by atoms with Crippen molar-refractivity contribution in [3.8, 4) is 0 Å². The summed E-state index contributed by atoms with van der Waals surface area (Å²) in [6, 6.07) is 7.69. The van der Waals surface area contributed by atoms with E-state index in [4.69, 9.17) is 4.74 Å². The fraction of sp³-hybridized carbons (Fsp3) is 0.412. The minimum absolute atomic E-state index is 0.0406. The van der Waals surface area contributed by atoms with Crippen LogP contribution in [0.3, 0.4) is 0 Å². The van der Waals surface area contributed by atoms with E-state index in [1.807, 2.05) is 31.2 Å². The van der Waals surface area contributed by atoms with Crippen LogP contribution >= 0.6 is 23.1 Å². The molecule has 7 heteroatoms. The van der Waals surface area contributed by atoms with E-state index in [1.165, 1.54) is 0 Å². The van der Waals surface area contributed by atoms with Crippen LogP contribution in [0, 0.1) is 6.92 Å². The summed E-state index contributed by atoms with van der Waals surface area (Å²) in [7, 11) is 1.67. The molecule has 0 aliphatic carbocycles. The van der Waals surface area contributed by atoms with Crippen LogP contribution in [0.2, 0.25) is 0 Å². The molecular formula is C17H23N3O2S2. The number of nitrogens with one attached hydrogen (secondary N) is 2. The summed E-state index contributed by atoms with van der Waals surface area (Å²) in [5, 5.41) is 9.29. The molecule has 0 spiro atoms. The van der Waals surface area contributed by atoms with E-state index in [0.29, 0.717) is 18.7 Å². The Kier molecular flexibility index (Phi) is 8.24. The van der Waals surface area contributed by atoms with Gasteiger partial charge in [-0.15, -0.1) is 23.1 Å². The number of nitrogens with zero attached hydrogens (tertiary/aromatic N) is 1. The SMILES string of the molecule is COCCNCCNC(=O)c1ccccc1SCc1csc(C)n1. The lowest BCUT2D eigenvalue weighted by Gasteiger charge is -2.10. The molecule has 0 unspecified atom stereocenters. The van der Waals surface area contributed by atoms with Gasteiger partial charge in [0.15, 0.2) is 0 Å². The molecule has 0 fully saturated rings. The number of aromatic nitrogens is 1.